The molecule has 5 N–H and O–H groups in total. The SMILES string of the molecule is Nc1ncnc2c1ncn2C1CC(O)=C(CO)C1O. The molecule has 1 aliphatic carbocycles. The fraction of sp³-hybridized carbons (Fsp3) is 0.364. The average Bonchev–Trinajstić information content (AvgIpc) is 2.92. The highest BCUT2D eigenvalue weighted by Crippen LogP contribution is 2.35. The number of anilines is 1. The van der Waals surface area contributed by atoms with Crippen LogP contribution in [0.1, 0.15) is 12.5 Å². The van der Waals surface area contributed by atoms with Crippen molar-refractivity contribution in [1.82, 2.24) is 19.5 Å². The van der Waals surface area contributed by atoms with Gasteiger partial charge in [-0.05, 0) is 0 Å². The molecule has 2 heterocycles. The van der Waals surface area contributed by atoms with E-state index in [0.717, 1.165) is 0 Å². The number of allylic oxidation sites excluding steroid dienone is 1. The van der Waals surface area contributed by atoms with Gasteiger partial charge < -0.3 is 25.6 Å². The molecular weight excluding hydrogens is 250 g/mol. The highest BCUT2D eigenvalue weighted by atomic mass is 16.3. The number of nitrogens with two attached hydrogens (primary N) is 1. The number of fused-ring (bicyclic) bond motifs is 1. The second kappa shape index (κ2) is 4.18. The van der Waals surface area contributed by atoms with Crippen LogP contribution in [-0.4, -0.2) is 47.5 Å². The van der Waals surface area contributed by atoms with Crippen molar-refractivity contribution in [3.63, 3.8) is 0 Å². The lowest BCUT2D eigenvalue weighted by Crippen LogP contribution is -2.22. The molecule has 0 spiro atoms. The van der Waals surface area contributed by atoms with Gasteiger partial charge in [-0.2, -0.15) is 0 Å². The summed E-state index contributed by atoms with van der Waals surface area (Å²) in [6, 6.07) is -0.457. The van der Waals surface area contributed by atoms with Crippen molar-refractivity contribution in [2.75, 3.05) is 12.3 Å². The van der Waals surface area contributed by atoms with E-state index in [1.165, 1.54) is 12.7 Å². The first-order valence-corrected chi connectivity index (χ1v) is 5.76. The first-order chi connectivity index (χ1) is 9.13. The summed E-state index contributed by atoms with van der Waals surface area (Å²) < 4.78 is 1.64. The van der Waals surface area contributed by atoms with Crippen molar-refractivity contribution in [2.45, 2.75) is 18.6 Å². The van der Waals surface area contributed by atoms with Gasteiger partial charge in [0.05, 0.1) is 24.7 Å². The Morgan fingerprint density at radius 1 is 1.37 bits per heavy atom. The van der Waals surface area contributed by atoms with Gasteiger partial charge in [-0.15, -0.1) is 0 Å². The molecule has 3 rings (SSSR count). The number of nitrogen functional groups attached to an aromatic ring is 1. The van der Waals surface area contributed by atoms with E-state index in [2.05, 4.69) is 15.0 Å². The highest BCUT2D eigenvalue weighted by Gasteiger charge is 2.35. The summed E-state index contributed by atoms with van der Waals surface area (Å²) in [6.45, 7) is -0.382. The van der Waals surface area contributed by atoms with E-state index in [-0.39, 0.29) is 30.2 Å². The van der Waals surface area contributed by atoms with Gasteiger partial charge in [-0.1, -0.05) is 0 Å². The number of rotatable bonds is 2. The van der Waals surface area contributed by atoms with Gasteiger partial charge in [0, 0.05) is 12.0 Å². The third kappa shape index (κ3) is 1.65. The second-order valence-corrected chi connectivity index (χ2v) is 4.43. The van der Waals surface area contributed by atoms with Crippen molar-refractivity contribution in [1.29, 1.82) is 0 Å². The average molecular weight is 263 g/mol. The summed E-state index contributed by atoms with van der Waals surface area (Å²) in [6.07, 6.45) is 2.06. The van der Waals surface area contributed by atoms with E-state index in [1.54, 1.807) is 4.57 Å². The lowest BCUT2D eigenvalue weighted by Gasteiger charge is -2.18. The minimum absolute atomic E-state index is 0.00359. The van der Waals surface area contributed by atoms with Crippen LogP contribution in [0.3, 0.4) is 0 Å². The van der Waals surface area contributed by atoms with Crippen LogP contribution in [0.5, 0.6) is 0 Å². The van der Waals surface area contributed by atoms with Crippen LogP contribution in [0, 0.1) is 0 Å². The maximum Gasteiger partial charge on any atom is 0.165 e. The molecule has 8 heteroatoms. The van der Waals surface area contributed by atoms with Crippen LogP contribution in [0.2, 0.25) is 0 Å². The van der Waals surface area contributed by atoms with Crippen molar-refractivity contribution >= 4 is 17.0 Å². The fourth-order valence-corrected chi connectivity index (χ4v) is 2.39. The highest BCUT2D eigenvalue weighted by molar-refractivity contribution is 5.81. The molecule has 8 nitrogen and oxygen atoms in total. The summed E-state index contributed by atoms with van der Waals surface area (Å²) in [7, 11) is 0. The van der Waals surface area contributed by atoms with Crippen molar-refractivity contribution < 1.29 is 15.3 Å². The third-order valence-electron chi connectivity index (χ3n) is 3.41. The largest absolute Gasteiger partial charge is 0.512 e. The lowest BCUT2D eigenvalue weighted by molar-refractivity contribution is 0.146. The van der Waals surface area contributed by atoms with E-state index in [9.17, 15) is 10.2 Å². The molecule has 0 saturated carbocycles. The molecule has 2 aromatic rings. The minimum atomic E-state index is -0.974. The molecule has 0 bridgehead atoms. The Hall–Kier alpha value is -2.19. The summed E-state index contributed by atoms with van der Waals surface area (Å²) in [5, 5.41) is 29.0. The maximum atomic E-state index is 10.1. The van der Waals surface area contributed by atoms with Crippen molar-refractivity contribution in [3.8, 4) is 0 Å². The van der Waals surface area contributed by atoms with Crippen LogP contribution in [0.4, 0.5) is 5.82 Å². The van der Waals surface area contributed by atoms with E-state index >= 15 is 0 Å². The number of aliphatic hydroxyl groups is 3. The molecule has 0 amide bonds. The molecule has 0 fully saturated rings. The summed E-state index contributed by atoms with van der Waals surface area (Å²) in [5.41, 5.74) is 6.86. The van der Waals surface area contributed by atoms with Gasteiger partial charge in [0.15, 0.2) is 11.5 Å². The van der Waals surface area contributed by atoms with Crippen LogP contribution in [-0.2, 0) is 0 Å². The van der Waals surface area contributed by atoms with E-state index < -0.39 is 12.1 Å². The Labute approximate surface area is 107 Å². The minimum Gasteiger partial charge on any atom is -0.512 e. The quantitative estimate of drug-likeness (QED) is 0.575. The van der Waals surface area contributed by atoms with E-state index in [1.807, 2.05) is 0 Å². The number of hydrogen-bond donors (Lipinski definition) is 4. The Morgan fingerprint density at radius 2 is 2.16 bits per heavy atom. The first kappa shape index (κ1) is 11.9. The molecule has 0 aliphatic heterocycles. The topological polar surface area (TPSA) is 130 Å². The van der Waals surface area contributed by atoms with Gasteiger partial charge in [0.2, 0.25) is 0 Å². The van der Waals surface area contributed by atoms with Gasteiger partial charge in [0.1, 0.15) is 17.9 Å². The molecule has 2 atom stereocenters. The molecule has 100 valence electrons. The van der Waals surface area contributed by atoms with Gasteiger partial charge in [0.25, 0.3) is 0 Å². The zero-order chi connectivity index (χ0) is 13.6. The molecule has 19 heavy (non-hydrogen) atoms. The third-order valence-corrected chi connectivity index (χ3v) is 3.41. The summed E-state index contributed by atoms with van der Waals surface area (Å²) in [4.78, 5) is 12.0. The van der Waals surface area contributed by atoms with Gasteiger partial charge in [-0.3, -0.25) is 0 Å². The molecule has 0 aromatic carbocycles. The molecule has 1 aliphatic rings. The van der Waals surface area contributed by atoms with Crippen LogP contribution < -0.4 is 5.73 Å². The van der Waals surface area contributed by atoms with Crippen molar-refractivity contribution in [2.24, 2.45) is 0 Å². The number of nitrogens with zero attached hydrogens (tertiary/aromatic N) is 4. The predicted molar refractivity (Wildman–Crippen MR) is 66.1 cm³/mol. The molecular formula is C11H13N5O3. The second-order valence-electron chi connectivity index (χ2n) is 4.43. The predicted octanol–water partition coefficient (Wildman–Crippen LogP) is -0.481. The number of aromatic nitrogens is 4. The van der Waals surface area contributed by atoms with Crippen molar-refractivity contribution in [3.05, 3.63) is 24.0 Å². The first-order valence-electron chi connectivity index (χ1n) is 5.76. The number of imidazole rings is 1. The van der Waals surface area contributed by atoms with E-state index in [4.69, 9.17) is 10.8 Å². The van der Waals surface area contributed by atoms with Gasteiger partial charge in [-0.25, -0.2) is 15.0 Å². The van der Waals surface area contributed by atoms with Gasteiger partial charge >= 0.3 is 0 Å². The Kier molecular flexibility index (Phi) is 2.61. The molecule has 2 aromatic heterocycles. The molecule has 2 unspecified atom stereocenters. The maximum absolute atomic E-state index is 10.1. The van der Waals surface area contributed by atoms with Crippen LogP contribution in [0.25, 0.3) is 11.2 Å². The standard InChI is InChI=1S/C11H13N5O3/c12-10-8-11(14-3-13-10)16(4-15-8)6-1-7(18)5(2-17)9(6)19/h3-4,6,9,17-19H,1-2H2,(H2,12,13,14). The zero-order valence-corrected chi connectivity index (χ0v) is 9.93. The van der Waals surface area contributed by atoms with E-state index in [0.29, 0.717) is 11.2 Å². The van der Waals surface area contributed by atoms with Crippen LogP contribution >= 0.6 is 0 Å². The number of hydrogen-bond acceptors (Lipinski definition) is 7. The smallest absolute Gasteiger partial charge is 0.165 e. The van der Waals surface area contributed by atoms with Crippen LogP contribution in [0.15, 0.2) is 24.0 Å². The Bertz CT molecular complexity index is 665. The monoisotopic (exact) mass is 263 g/mol. The number of aliphatic hydroxyl groups excluding tert-OH is 3. The normalized spacial score (nSPS) is 23.5. The molecule has 0 saturated heterocycles. The summed E-state index contributed by atoms with van der Waals surface area (Å²) in [5.74, 6) is 0.264. The summed E-state index contributed by atoms with van der Waals surface area (Å²) >= 11 is 0. The molecule has 0 radical (unpaired) electrons. The fourth-order valence-electron chi connectivity index (χ4n) is 2.39. The Balaban J connectivity index is 2.06. The Morgan fingerprint density at radius 3 is 2.84 bits per heavy atom. The lowest BCUT2D eigenvalue weighted by atomic mass is 10.1. The zero-order valence-electron chi connectivity index (χ0n) is 9.93.